The van der Waals surface area contributed by atoms with Crippen molar-refractivity contribution in [3.63, 3.8) is 0 Å². The molecule has 0 aliphatic carbocycles. The number of carbonyl (C=O) groups is 1. The van der Waals surface area contributed by atoms with Gasteiger partial charge < -0.3 is 10.2 Å². The molecule has 0 saturated heterocycles. The van der Waals surface area contributed by atoms with Crippen molar-refractivity contribution in [2.45, 2.75) is 39.0 Å². The normalized spacial score (nSPS) is 10.6. The molecule has 0 aromatic rings. The third-order valence-electron chi connectivity index (χ3n) is 2.06. The lowest BCUT2D eigenvalue weighted by molar-refractivity contribution is -0.121. The second-order valence-electron chi connectivity index (χ2n) is 4.00. The van der Waals surface area contributed by atoms with Crippen LogP contribution >= 0.6 is 0 Å². The molecule has 84 valence electrons. The van der Waals surface area contributed by atoms with Crippen molar-refractivity contribution in [1.29, 1.82) is 0 Å². The van der Waals surface area contributed by atoms with Gasteiger partial charge in [0.15, 0.2) is 0 Å². The van der Waals surface area contributed by atoms with E-state index in [9.17, 15) is 4.79 Å². The molecule has 0 aliphatic heterocycles. The highest BCUT2D eigenvalue weighted by atomic mass is 16.1. The van der Waals surface area contributed by atoms with Crippen molar-refractivity contribution in [2.24, 2.45) is 0 Å². The summed E-state index contributed by atoms with van der Waals surface area (Å²) in [5.41, 5.74) is 0. The minimum atomic E-state index is 0.130. The predicted molar refractivity (Wildman–Crippen MR) is 60.3 cm³/mol. The Morgan fingerprint density at radius 1 is 1.14 bits per heavy atom. The summed E-state index contributed by atoms with van der Waals surface area (Å²) in [5.74, 6) is 0.130. The Kier molecular flexibility index (Phi) is 8.64. The SMILES string of the molecule is CCCCCCCNC(=O)CN(C)C. The molecule has 0 aromatic carbocycles. The Hall–Kier alpha value is -0.570. The monoisotopic (exact) mass is 200 g/mol. The van der Waals surface area contributed by atoms with Gasteiger partial charge in [-0.25, -0.2) is 0 Å². The molecule has 1 N–H and O–H groups in total. The molecule has 0 heterocycles. The maximum Gasteiger partial charge on any atom is 0.234 e. The molecular formula is C11H24N2O. The molecular weight excluding hydrogens is 176 g/mol. The fourth-order valence-electron chi connectivity index (χ4n) is 1.30. The topological polar surface area (TPSA) is 32.3 Å². The van der Waals surface area contributed by atoms with E-state index >= 15 is 0 Å². The lowest BCUT2D eigenvalue weighted by Gasteiger charge is -2.09. The van der Waals surface area contributed by atoms with Gasteiger partial charge in [0, 0.05) is 6.54 Å². The third kappa shape index (κ3) is 9.52. The van der Waals surface area contributed by atoms with E-state index < -0.39 is 0 Å². The molecule has 0 radical (unpaired) electrons. The summed E-state index contributed by atoms with van der Waals surface area (Å²) in [4.78, 5) is 13.1. The Morgan fingerprint density at radius 2 is 1.79 bits per heavy atom. The van der Waals surface area contributed by atoms with Crippen molar-refractivity contribution in [3.8, 4) is 0 Å². The Morgan fingerprint density at radius 3 is 2.36 bits per heavy atom. The van der Waals surface area contributed by atoms with Crippen LogP contribution in [0.15, 0.2) is 0 Å². The van der Waals surface area contributed by atoms with E-state index in [4.69, 9.17) is 0 Å². The average molecular weight is 200 g/mol. The molecule has 14 heavy (non-hydrogen) atoms. The van der Waals surface area contributed by atoms with Crippen LogP contribution in [-0.4, -0.2) is 38.0 Å². The van der Waals surface area contributed by atoms with Gasteiger partial charge in [0.05, 0.1) is 6.54 Å². The number of likely N-dealkylation sites (N-methyl/N-ethyl adjacent to an activating group) is 1. The van der Waals surface area contributed by atoms with Gasteiger partial charge >= 0.3 is 0 Å². The summed E-state index contributed by atoms with van der Waals surface area (Å²) in [5, 5.41) is 2.91. The number of amides is 1. The zero-order valence-corrected chi connectivity index (χ0v) is 9.81. The fourth-order valence-corrected chi connectivity index (χ4v) is 1.30. The summed E-state index contributed by atoms with van der Waals surface area (Å²) in [6.45, 7) is 3.53. The van der Waals surface area contributed by atoms with Crippen LogP contribution < -0.4 is 5.32 Å². The molecule has 0 bridgehead atoms. The van der Waals surface area contributed by atoms with Crippen LogP contribution in [0.2, 0.25) is 0 Å². The number of unbranched alkanes of at least 4 members (excludes halogenated alkanes) is 4. The highest BCUT2D eigenvalue weighted by Gasteiger charge is 2.00. The summed E-state index contributed by atoms with van der Waals surface area (Å²) >= 11 is 0. The smallest absolute Gasteiger partial charge is 0.234 e. The zero-order chi connectivity index (χ0) is 10.8. The first-order chi connectivity index (χ1) is 6.66. The quantitative estimate of drug-likeness (QED) is 0.604. The lowest BCUT2D eigenvalue weighted by Crippen LogP contribution is -2.33. The first-order valence-corrected chi connectivity index (χ1v) is 5.58. The standard InChI is InChI=1S/C11H24N2O/c1-4-5-6-7-8-9-12-11(14)10-13(2)3/h4-10H2,1-3H3,(H,12,14). The van der Waals surface area contributed by atoms with Gasteiger partial charge in [-0.3, -0.25) is 4.79 Å². The summed E-state index contributed by atoms with van der Waals surface area (Å²) in [6.07, 6.45) is 6.22. The number of nitrogens with one attached hydrogen (secondary N) is 1. The van der Waals surface area contributed by atoms with Gasteiger partial charge in [-0.15, -0.1) is 0 Å². The van der Waals surface area contributed by atoms with Gasteiger partial charge in [-0.2, -0.15) is 0 Å². The van der Waals surface area contributed by atoms with Crippen molar-refractivity contribution >= 4 is 5.91 Å². The van der Waals surface area contributed by atoms with E-state index in [1.54, 1.807) is 0 Å². The van der Waals surface area contributed by atoms with Gasteiger partial charge in [-0.1, -0.05) is 32.6 Å². The zero-order valence-electron chi connectivity index (χ0n) is 9.81. The molecule has 0 rings (SSSR count). The van der Waals surface area contributed by atoms with E-state index in [-0.39, 0.29) is 5.91 Å². The first kappa shape index (κ1) is 13.4. The maximum absolute atomic E-state index is 11.2. The first-order valence-electron chi connectivity index (χ1n) is 5.58. The number of hydrogen-bond acceptors (Lipinski definition) is 2. The largest absolute Gasteiger partial charge is 0.355 e. The molecule has 0 unspecified atom stereocenters. The van der Waals surface area contributed by atoms with Crippen molar-refractivity contribution in [2.75, 3.05) is 27.2 Å². The van der Waals surface area contributed by atoms with E-state index in [0.29, 0.717) is 6.54 Å². The van der Waals surface area contributed by atoms with Crippen LogP contribution in [0, 0.1) is 0 Å². The van der Waals surface area contributed by atoms with Crippen LogP contribution in [0.1, 0.15) is 39.0 Å². The van der Waals surface area contributed by atoms with E-state index in [1.807, 2.05) is 19.0 Å². The fraction of sp³-hybridized carbons (Fsp3) is 0.909. The van der Waals surface area contributed by atoms with Crippen LogP contribution in [0.25, 0.3) is 0 Å². The van der Waals surface area contributed by atoms with Crippen molar-refractivity contribution in [3.05, 3.63) is 0 Å². The minimum Gasteiger partial charge on any atom is -0.355 e. The van der Waals surface area contributed by atoms with Crippen LogP contribution in [0.4, 0.5) is 0 Å². The highest BCUT2D eigenvalue weighted by Crippen LogP contribution is 2.00. The minimum absolute atomic E-state index is 0.130. The number of nitrogens with zero attached hydrogens (tertiary/aromatic N) is 1. The van der Waals surface area contributed by atoms with Crippen molar-refractivity contribution in [1.82, 2.24) is 10.2 Å². The summed E-state index contributed by atoms with van der Waals surface area (Å²) in [6, 6.07) is 0. The average Bonchev–Trinajstić information content (AvgIpc) is 2.10. The van der Waals surface area contributed by atoms with Gasteiger partial charge in [0.2, 0.25) is 5.91 Å². The van der Waals surface area contributed by atoms with Crippen LogP contribution in [-0.2, 0) is 4.79 Å². The Balaban J connectivity index is 3.15. The molecule has 0 aromatic heterocycles. The van der Waals surface area contributed by atoms with Crippen molar-refractivity contribution < 1.29 is 4.79 Å². The van der Waals surface area contributed by atoms with E-state index in [2.05, 4.69) is 12.2 Å². The second kappa shape index (κ2) is 9.00. The van der Waals surface area contributed by atoms with Crippen LogP contribution in [0.5, 0.6) is 0 Å². The van der Waals surface area contributed by atoms with E-state index in [1.165, 1.54) is 25.7 Å². The third-order valence-corrected chi connectivity index (χ3v) is 2.06. The predicted octanol–water partition coefficient (Wildman–Crippen LogP) is 1.63. The van der Waals surface area contributed by atoms with Crippen LogP contribution in [0.3, 0.4) is 0 Å². The van der Waals surface area contributed by atoms with Gasteiger partial charge in [-0.05, 0) is 20.5 Å². The number of rotatable bonds is 8. The molecule has 0 atom stereocenters. The maximum atomic E-state index is 11.2. The molecule has 0 fully saturated rings. The Bertz CT molecular complexity index is 146. The summed E-state index contributed by atoms with van der Waals surface area (Å²) in [7, 11) is 3.81. The van der Waals surface area contributed by atoms with E-state index in [0.717, 1.165) is 13.0 Å². The lowest BCUT2D eigenvalue weighted by atomic mass is 10.1. The highest BCUT2D eigenvalue weighted by molar-refractivity contribution is 5.77. The molecule has 3 heteroatoms. The molecule has 0 aliphatic rings. The molecule has 0 spiro atoms. The summed E-state index contributed by atoms with van der Waals surface area (Å²) < 4.78 is 0. The van der Waals surface area contributed by atoms with Gasteiger partial charge in [0.1, 0.15) is 0 Å². The molecule has 0 saturated carbocycles. The second-order valence-corrected chi connectivity index (χ2v) is 4.00. The molecule has 1 amide bonds. The Labute approximate surface area is 87.9 Å². The number of hydrogen-bond donors (Lipinski definition) is 1. The van der Waals surface area contributed by atoms with Gasteiger partial charge in [0.25, 0.3) is 0 Å². The number of carbonyl (C=O) groups excluding carboxylic acids is 1. The molecule has 3 nitrogen and oxygen atoms in total.